The maximum atomic E-state index is 11.6. The first-order chi connectivity index (χ1) is 8.11. The molecule has 0 aliphatic heterocycles. The van der Waals surface area contributed by atoms with Crippen molar-refractivity contribution in [2.45, 2.75) is 13.3 Å². The number of carbonyl (C=O) groups excluding carboxylic acids is 1. The van der Waals surface area contributed by atoms with Crippen molar-refractivity contribution >= 4 is 12.0 Å². The van der Waals surface area contributed by atoms with E-state index in [2.05, 4.69) is 5.32 Å². The van der Waals surface area contributed by atoms with Gasteiger partial charge >= 0.3 is 12.0 Å². The minimum atomic E-state index is -1.04. The SMILES string of the molecule is CCCN(CCO)C(=O)NCCOCC(=O)O. The van der Waals surface area contributed by atoms with E-state index < -0.39 is 5.97 Å². The van der Waals surface area contributed by atoms with Crippen molar-refractivity contribution in [2.24, 2.45) is 0 Å². The van der Waals surface area contributed by atoms with E-state index in [0.29, 0.717) is 6.54 Å². The number of aliphatic carboxylic acids is 1. The number of rotatable bonds is 9. The van der Waals surface area contributed by atoms with Gasteiger partial charge in [-0.05, 0) is 6.42 Å². The lowest BCUT2D eigenvalue weighted by Crippen LogP contribution is -2.43. The lowest BCUT2D eigenvalue weighted by molar-refractivity contribution is -0.142. The van der Waals surface area contributed by atoms with Gasteiger partial charge in [-0.2, -0.15) is 0 Å². The number of hydrogen-bond acceptors (Lipinski definition) is 4. The van der Waals surface area contributed by atoms with Crippen molar-refractivity contribution in [3.63, 3.8) is 0 Å². The molecule has 0 aliphatic carbocycles. The molecule has 0 heterocycles. The molecule has 3 N–H and O–H groups in total. The number of nitrogens with one attached hydrogen (secondary N) is 1. The number of amides is 2. The van der Waals surface area contributed by atoms with Crippen molar-refractivity contribution in [1.82, 2.24) is 10.2 Å². The lowest BCUT2D eigenvalue weighted by atomic mass is 10.4. The number of hydrogen-bond donors (Lipinski definition) is 3. The maximum absolute atomic E-state index is 11.6. The Morgan fingerprint density at radius 3 is 2.59 bits per heavy atom. The van der Waals surface area contributed by atoms with Gasteiger partial charge in [-0.25, -0.2) is 9.59 Å². The number of carbonyl (C=O) groups is 2. The van der Waals surface area contributed by atoms with Crippen LogP contribution in [0.2, 0.25) is 0 Å². The Labute approximate surface area is 100 Å². The van der Waals surface area contributed by atoms with Gasteiger partial charge in [-0.15, -0.1) is 0 Å². The average molecular weight is 248 g/mol. The molecule has 0 aromatic carbocycles. The van der Waals surface area contributed by atoms with Gasteiger partial charge in [0, 0.05) is 19.6 Å². The molecular weight excluding hydrogens is 228 g/mol. The second-order valence-electron chi connectivity index (χ2n) is 3.39. The third kappa shape index (κ3) is 8.47. The van der Waals surface area contributed by atoms with Crippen molar-refractivity contribution < 1.29 is 24.5 Å². The van der Waals surface area contributed by atoms with Crippen molar-refractivity contribution in [2.75, 3.05) is 39.5 Å². The zero-order valence-electron chi connectivity index (χ0n) is 10.0. The van der Waals surface area contributed by atoms with Gasteiger partial charge in [0.1, 0.15) is 6.61 Å². The summed E-state index contributed by atoms with van der Waals surface area (Å²) in [6.07, 6.45) is 0.808. The highest BCUT2D eigenvalue weighted by Crippen LogP contribution is 1.91. The highest BCUT2D eigenvalue weighted by Gasteiger charge is 2.10. The summed E-state index contributed by atoms with van der Waals surface area (Å²) in [7, 11) is 0. The predicted molar refractivity (Wildman–Crippen MR) is 60.8 cm³/mol. The Bertz CT molecular complexity index is 229. The van der Waals surface area contributed by atoms with Crippen LogP contribution in [0.15, 0.2) is 0 Å². The van der Waals surface area contributed by atoms with E-state index in [-0.39, 0.29) is 38.9 Å². The third-order valence-electron chi connectivity index (χ3n) is 1.90. The van der Waals surface area contributed by atoms with Crippen molar-refractivity contribution in [1.29, 1.82) is 0 Å². The monoisotopic (exact) mass is 248 g/mol. The molecule has 0 aliphatic rings. The smallest absolute Gasteiger partial charge is 0.329 e. The highest BCUT2D eigenvalue weighted by molar-refractivity contribution is 5.74. The first kappa shape index (κ1) is 15.7. The molecule has 7 nitrogen and oxygen atoms in total. The van der Waals surface area contributed by atoms with Gasteiger partial charge in [0.05, 0.1) is 13.2 Å². The van der Waals surface area contributed by atoms with Crippen LogP contribution in [0.1, 0.15) is 13.3 Å². The largest absolute Gasteiger partial charge is 0.480 e. The van der Waals surface area contributed by atoms with Crippen LogP contribution in [-0.2, 0) is 9.53 Å². The van der Waals surface area contributed by atoms with E-state index in [1.165, 1.54) is 4.90 Å². The Balaban J connectivity index is 3.70. The van der Waals surface area contributed by atoms with E-state index in [0.717, 1.165) is 6.42 Å². The Kier molecular flexibility index (Phi) is 9.08. The molecule has 0 saturated carbocycles. The van der Waals surface area contributed by atoms with E-state index in [4.69, 9.17) is 14.9 Å². The van der Waals surface area contributed by atoms with Crippen LogP contribution in [0, 0.1) is 0 Å². The van der Waals surface area contributed by atoms with Crippen LogP contribution in [0.4, 0.5) is 4.79 Å². The zero-order valence-corrected chi connectivity index (χ0v) is 10.0. The van der Waals surface area contributed by atoms with Crippen molar-refractivity contribution in [3.8, 4) is 0 Å². The summed E-state index contributed by atoms with van der Waals surface area (Å²) in [5, 5.41) is 19.7. The number of ether oxygens (including phenoxy) is 1. The van der Waals surface area contributed by atoms with Gasteiger partial charge in [0.2, 0.25) is 0 Å². The van der Waals surface area contributed by atoms with Crippen LogP contribution in [0.25, 0.3) is 0 Å². The molecule has 2 amide bonds. The molecule has 0 fully saturated rings. The fraction of sp³-hybridized carbons (Fsp3) is 0.800. The van der Waals surface area contributed by atoms with E-state index in [9.17, 15) is 9.59 Å². The predicted octanol–water partition coefficient (Wildman–Crippen LogP) is -0.498. The van der Waals surface area contributed by atoms with Crippen LogP contribution in [-0.4, -0.2) is 66.6 Å². The second kappa shape index (κ2) is 9.86. The van der Waals surface area contributed by atoms with Crippen LogP contribution in [0.5, 0.6) is 0 Å². The van der Waals surface area contributed by atoms with Gasteiger partial charge < -0.3 is 25.2 Å². The minimum Gasteiger partial charge on any atom is -0.480 e. The maximum Gasteiger partial charge on any atom is 0.329 e. The van der Waals surface area contributed by atoms with Crippen molar-refractivity contribution in [3.05, 3.63) is 0 Å². The van der Waals surface area contributed by atoms with Gasteiger partial charge in [-0.1, -0.05) is 6.92 Å². The van der Waals surface area contributed by atoms with Crippen LogP contribution >= 0.6 is 0 Å². The quantitative estimate of drug-likeness (QED) is 0.478. The first-order valence-corrected chi connectivity index (χ1v) is 5.55. The molecular formula is C10H20N2O5. The summed E-state index contributed by atoms with van der Waals surface area (Å²) >= 11 is 0. The fourth-order valence-corrected chi connectivity index (χ4v) is 1.21. The number of aliphatic hydroxyl groups is 1. The Morgan fingerprint density at radius 2 is 2.06 bits per heavy atom. The summed E-state index contributed by atoms with van der Waals surface area (Å²) < 4.78 is 4.76. The number of urea groups is 1. The number of nitrogens with zero attached hydrogens (tertiary/aromatic N) is 1. The lowest BCUT2D eigenvalue weighted by Gasteiger charge is -2.21. The Morgan fingerprint density at radius 1 is 1.35 bits per heavy atom. The summed E-state index contributed by atoms with van der Waals surface area (Å²) in [4.78, 5) is 23.2. The molecule has 0 bridgehead atoms. The number of aliphatic hydroxyl groups excluding tert-OH is 1. The summed E-state index contributed by atoms with van der Waals surface area (Å²) in [5.74, 6) is -1.04. The molecule has 0 rings (SSSR count). The zero-order chi connectivity index (χ0) is 13.1. The fourth-order valence-electron chi connectivity index (χ4n) is 1.21. The molecule has 0 atom stereocenters. The molecule has 7 heteroatoms. The van der Waals surface area contributed by atoms with Crippen LogP contribution in [0.3, 0.4) is 0 Å². The average Bonchev–Trinajstić information content (AvgIpc) is 2.27. The van der Waals surface area contributed by atoms with E-state index in [1.54, 1.807) is 0 Å². The normalized spacial score (nSPS) is 10.0. The number of carboxylic acid groups (broad SMARTS) is 1. The molecule has 0 saturated heterocycles. The standard InChI is InChI=1S/C10H20N2O5/c1-2-4-12(5-6-13)10(16)11-3-7-17-8-9(14)15/h13H,2-8H2,1H3,(H,11,16)(H,14,15). The van der Waals surface area contributed by atoms with Gasteiger partial charge in [0.15, 0.2) is 0 Å². The molecule has 0 radical (unpaired) electrons. The first-order valence-electron chi connectivity index (χ1n) is 5.55. The third-order valence-corrected chi connectivity index (χ3v) is 1.90. The topological polar surface area (TPSA) is 99.1 Å². The summed E-state index contributed by atoms with van der Waals surface area (Å²) in [6.45, 7) is 2.74. The molecule has 100 valence electrons. The second-order valence-corrected chi connectivity index (χ2v) is 3.39. The minimum absolute atomic E-state index is 0.0804. The molecule has 17 heavy (non-hydrogen) atoms. The molecule has 0 aromatic heterocycles. The number of carboxylic acids is 1. The molecule has 0 aromatic rings. The molecule has 0 unspecified atom stereocenters. The highest BCUT2D eigenvalue weighted by atomic mass is 16.5. The summed E-state index contributed by atoms with van der Waals surface area (Å²) in [5.41, 5.74) is 0. The summed E-state index contributed by atoms with van der Waals surface area (Å²) in [6, 6.07) is -0.278. The van der Waals surface area contributed by atoms with Gasteiger partial charge in [0.25, 0.3) is 0 Å². The van der Waals surface area contributed by atoms with Crippen LogP contribution < -0.4 is 5.32 Å². The molecule has 0 spiro atoms. The Hall–Kier alpha value is -1.34. The van der Waals surface area contributed by atoms with Gasteiger partial charge in [-0.3, -0.25) is 0 Å². The van der Waals surface area contributed by atoms with E-state index >= 15 is 0 Å². The van der Waals surface area contributed by atoms with E-state index in [1.807, 2.05) is 6.92 Å².